The first kappa shape index (κ1) is 17.7. The maximum absolute atomic E-state index is 12.3. The number of hydrogen-bond donors (Lipinski definition) is 2. The Hall–Kier alpha value is -1.66. The summed E-state index contributed by atoms with van der Waals surface area (Å²) in [5, 5.41) is 2.70. The highest BCUT2D eigenvalue weighted by Gasteiger charge is 2.20. The van der Waals surface area contributed by atoms with Crippen LogP contribution in [0.15, 0.2) is 51.4 Å². The van der Waals surface area contributed by atoms with E-state index in [1.807, 2.05) is 37.3 Å². The van der Waals surface area contributed by atoms with E-state index < -0.39 is 11.9 Å². The third-order valence-corrected chi connectivity index (χ3v) is 4.25. The molecule has 0 unspecified atom stereocenters. The zero-order valence-electron chi connectivity index (χ0n) is 12.5. The zero-order chi connectivity index (χ0) is 17.0. The van der Waals surface area contributed by atoms with Crippen molar-refractivity contribution in [1.29, 1.82) is 0 Å². The number of halogens is 2. The van der Waals surface area contributed by atoms with Crippen LogP contribution in [0.25, 0.3) is 0 Å². The first-order chi connectivity index (χ1) is 10.8. The smallest absolute Gasteiger partial charge is 0.252 e. The van der Waals surface area contributed by atoms with E-state index in [-0.39, 0.29) is 5.91 Å². The normalized spacial score (nSPS) is 11.8. The molecule has 0 heterocycles. The van der Waals surface area contributed by atoms with Crippen molar-refractivity contribution in [2.24, 2.45) is 5.73 Å². The van der Waals surface area contributed by atoms with Gasteiger partial charge in [-0.25, -0.2) is 0 Å². The van der Waals surface area contributed by atoms with Crippen LogP contribution in [0.3, 0.4) is 0 Å². The second-order valence-corrected chi connectivity index (χ2v) is 7.11. The summed E-state index contributed by atoms with van der Waals surface area (Å²) in [6.07, 6.45) is 0.358. The molecule has 0 bridgehead atoms. The summed E-state index contributed by atoms with van der Waals surface area (Å²) in [6.45, 7) is 1.99. The van der Waals surface area contributed by atoms with Gasteiger partial charge in [-0.05, 0) is 30.7 Å². The maximum Gasteiger partial charge on any atom is 0.252 e. The number of benzene rings is 2. The number of amides is 2. The van der Waals surface area contributed by atoms with E-state index in [9.17, 15) is 9.59 Å². The lowest BCUT2D eigenvalue weighted by molar-refractivity contribution is -0.119. The monoisotopic (exact) mass is 438 g/mol. The molecule has 0 saturated heterocycles. The third kappa shape index (κ3) is 5.18. The topological polar surface area (TPSA) is 72.2 Å². The zero-order valence-corrected chi connectivity index (χ0v) is 15.6. The molecule has 3 N–H and O–H groups in total. The Morgan fingerprint density at radius 1 is 1.09 bits per heavy atom. The highest BCUT2D eigenvalue weighted by atomic mass is 79.9. The van der Waals surface area contributed by atoms with Gasteiger partial charge in [0.15, 0.2) is 0 Å². The quantitative estimate of drug-likeness (QED) is 0.749. The predicted octanol–water partition coefficient (Wildman–Crippen LogP) is 3.35. The summed E-state index contributed by atoms with van der Waals surface area (Å²) in [6, 6.07) is 12.2. The number of nitrogens with two attached hydrogens (primary N) is 1. The second kappa shape index (κ2) is 7.75. The first-order valence-electron chi connectivity index (χ1n) is 6.97. The highest BCUT2D eigenvalue weighted by Crippen LogP contribution is 2.20. The van der Waals surface area contributed by atoms with E-state index in [0.717, 1.165) is 20.1 Å². The van der Waals surface area contributed by atoms with E-state index in [0.29, 0.717) is 12.0 Å². The van der Waals surface area contributed by atoms with Crippen LogP contribution >= 0.6 is 31.9 Å². The van der Waals surface area contributed by atoms with E-state index in [1.54, 1.807) is 12.1 Å². The fourth-order valence-electron chi connectivity index (χ4n) is 2.11. The van der Waals surface area contributed by atoms with Crippen LogP contribution < -0.4 is 11.1 Å². The minimum Gasteiger partial charge on any atom is -0.368 e. The van der Waals surface area contributed by atoms with Crippen molar-refractivity contribution in [1.82, 2.24) is 5.32 Å². The van der Waals surface area contributed by atoms with Gasteiger partial charge in [0, 0.05) is 20.9 Å². The number of hydrogen-bond acceptors (Lipinski definition) is 2. The van der Waals surface area contributed by atoms with Crippen LogP contribution in [0.2, 0.25) is 0 Å². The molecule has 2 amide bonds. The van der Waals surface area contributed by atoms with Gasteiger partial charge in [0.05, 0.1) is 0 Å². The Kier molecular flexibility index (Phi) is 5.96. The number of rotatable bonds is 5. The minimum absolute atomic E-state index is 0.345. The van der Waals surface area contributed by atoms with Crippen molar-refractivity contribution in [2.75, 3.05) is 0 Å². The van der Waals surface area contributed by atoms with Crippen LogP contribution in [0.4, 0.5) is 0 Å². The van der Waals surface area contributed by atoms with Gasteiger partial charge in [-0.1, -0.05) is 61.7 Å². The van der Waals surface area contributed by atoms with Crippen molar-refractivity contribution < 1.29 is 9.59 Å². The van der Waals surface area contributed by atoms with Crippen LogP contribution in [-0.2, 0) is 11.2 Å². The summed E-state index contributed by atoms with van der Waals surface area (Å²) in [7, 11) is 0. The number of nitrogens with one attached hydrogen (secondary N) is 1. The highest BCUT2D eigenvalue weighted by molar-refractivity contribution is 9.11. The summed E-state index contributed by atoms with van der Waals surface area (Å²) < 4.78 is 1.54. The van der Waals surface area contributed by atoms with Crippen LogP contribution in [0.1, 0.15) is 21.5 Å². The lowest BCUT2D eigenvalue weighted by atomic mass is 10.0. The van der Waals surface area contributed by atoms with Gasteiger partial charge in [0.2, 0.25) is 5.91 Å². The van der Waals surface area contributed by atoms with E-state index >= 15 is 0 Å². The summed E-state index contributed by atoms with van der Waals surface area (Å²) in [5.41, 5.74) is 7.95. The number of primary amides is 1. The summed E-state index contributed by atoms with van der Waals surface area (Å²) in [4.78, 5) is 24.0. The number of carbonyl (C=O) groups is 2. The average Bonchev–Trinajstić information content (AvgIpc) is 2.47. The molecule has 1 atom stereocenters. The molecule has 0 radical (unpaired) electrons. The van der Waals surface area contributed by atoms with Crippen molar-refractivity contribution in [3.8, 4) is 0 Å². The first-order valence-corrected chi connectivity index (χ1v) is 8.55. The SMILES string of the molecule is Cc1ccc(C[C@@H](NC(=O)c2cc(Br)cc(Br)c2)C(N)=O)cc1. The van der Waals surface area contributed by atoms with Gasteiger partial charge in [-0.2, -0.15) is 0 Å². The Morgan fingerprint density at radius 2 is 1.65 bits per heavy atom. The number of aryl methyl sites for hydroxylation is 1. The summed E-state index contributed by atoms with van der Waals surface area (Å²) in [5.74, 6) is -0.907. The fourth-order valence-corrected chi connectivity index (χ4v) is 3.40. The van der Waals surface area contributed by atoms with Gasteiger partial charge in [-0.15, -0.1) is 0 Å². The molecular formula is C17H16Br2N2O2. The van der Waals surface area contributed by atoms with Crippen molar-refractivity contribution in [3.63, 3.8) is 0 Å². The molecule has 4 nitrogen and oxygen atoms in total. The molecule has 0 saturated carbocycles. The third-order valence-electron chi connectivity index (χ3n) is 3.33. The maximum atomic E-state index is 12.3. The lowest BCUT2D eigenvalue weighted by Gasteiger charge is -2.16. The molecule has 23 heavy (non-hydrogen) atoms. The van der Waals surface area contributed by atoms with Gasteiger partial charge in [0.25, 0.3) is 5.91 Å². The van der Waals surface area contributed by atoms with Gasteiger partial charge >= 0.3 is 0 Å². The predicted molar refractivity (Wildman–Crippen MR) is 97.2 cm³/mol. The number of carbonyl (C=O) groups excluding carboxylic acids is 2. The molecule has 2 aromatic carbocycles. The molecule has 120 valence electrons. The standard InChI is InChI=1S/C17H16Br2N2O2/c1-10-2-4-11(5-3-10)6-15(16(20)22)21-17(23)12-7-13(18)9-14(19)8-12/h2-5,7-9,15H,6H2,1H3,(H2,20,22)(H,21,23)/t15-/m1/s1. The van der Waals surface area contributed by atoms with Crippen LogP contribution in [-0.4, -0.2) is 17.9 Å². The van der Waals surface area contributed by atoms with Crippen LogP contribution in [0.5, 0.6) is 0 Å². The van der Waals surface area contributed by atoms with Crippen molar-refractivity contribution >= 4 is 43.7 Å². The van der Waals surface area contributed by atoms with E-state index in [1.165, 1.54) is 0 Å². The Labute approximate surface area is 151 Å². The fraction of sp³-hybridized carbons (Fsp3) is 0.176. The lowest BCUT2D eigenvalue weighted by Crippen LogP contribution is -2.45. The van der Waals surface area contributed by atoms with Crippen molar-refractivity contribution in [3.05, 3.63) is 68.1 Å². The van der Waals surface area contributed by atoms with E-state index in [2.05, 4.69) is 37.2 Å². The molecule has 2 rings (SSSR count). The molecule has 0 fully saturated rings. The molecule has 6 heteroatoms. The molecule has 0 aliphatic heterocycles. The largest absolute Gasteiger partial charge is 0.368 e. The Bertz CT molecular complexity index is 710. The van der Waals surface area contributed by atoms with Gasteiger partial charge in [-0.3, -0.25) is 9.59 Å². The van der Waals surface area contributed by atoms with E-state index in [4.69, 9.17) is 5.73 Å². The minimum atomic E-state index is -0.761. The second-order valence-electron chi connectivity index (χ2n) is 5.28. The van der Waals surface area contributed by atoms with Crippen LogP contribution in [0, 0.1) is 6.92 Å². The molecular weight excluding hydrogens is 424 g/mol. The molecule has 0 aliphatic carbocycles. The van der Waals surface area contributed by atoms with Crippen molar-refractivity contribution in [2.45, 2.75) is 19.4 Å². The molecule has 0 aliphatic rings. The molecule has 0 aromatic heterocycles. The molecule has 2 aromatic rings. The average molecular weight is 440 g/mol. The molecule has 0 spiro atoms. The summed E-state index contributed by atoms with van der Waals surface area (Å²) >= 11 is 6.67. The Morgan fingerprint density at radius 3 is 2.17 bits per heavy atom. The van der Waals surface area contributed by atoms with Gasteiger partial charge in [0.1, 0.15) is 6.04 Å². The van der Waals surface area contributed by atoms with Gasteiger partial charge < -0.3 is 11.1 Å². The Balaban J connectivity index is 2.14.